The fourth-order valence-corrected chi connectivity index (χ4v) is 1.30. The van der Waals surface area contributed by atoms with Crippen LogP contribution in [0.2, 0.25) is 0 Å². The Kier molecular flexibility index (Phi) is 4.03. The molecule has 1 rings (SSSR count). The van der Waals surface area contributed by atoms with Crippen LogP contribution in [0, 0.1) is 0 Å². The van der Waals surface area contributed by atoms with Crippen molar-refractivity contribution in [3.8, 4) is 0 Å². The van der Waals surface area contributed by atoms with Gasteiger partial charge in [0.25, 0.3) is 0 Å². The standard InChI is InChI=1S/C11H19NO/c1-3-5-6-9-7-11(13-8-9)10(12)4-2/h7-8,10H,3-6,12H2,1-2H3/t10-/m1/s1. The molecule has 0 aromatic carbocycles. The molecule has 0 fully saturated rings. The fourth-order valence-electron chi connectivity index (χ4n) is 1.30. The van der Waals surface area contributed by atoms with Crippen LogP contribution < -0.4 is 5.73 Å². The zero-order chi connectivity index (χ0) is 9.68. The van der Waals surface area contributed by atoms with Crippen molar-refractivity contribution in [2.24, 2.45) is 5.73 Å². The summed E-state index contributed by atoms with van der Waals surface area (Å²) in [5.41, 5.74) is 7.12. The third-order valence-corrected chi connectivity index (χ3v) is 2.30. The van der Waals surface area contributed by atoms with E-state index in [1.54, 1.807) is 0 Å². The van der Waals surface area contributed by atoms with Crippen LogP contribution in [0.5, 0.6) is 0 Å². The van der Waals surface area contributed by atoms with Gasteiger partial charge in [-0.3, -0.25) is 0 Å². The number of hydrogen-bond donors (Lipinski definition) is 1. The minimum absolute atomic E-state index is 0.0652. The number of unbranched alkanes of at least 4 members (excludes halogenated alkanes) is 1. The number of hydrogen-bond acceptors (Lipinski definition) is 2. The number of aryl methyl sites for hydroxylation is 1. The van der Waals surface area contributed by atoms with Crippen molar-refractivity contribution in [1.29, 1.82) is 0 Å². The molecule has 0 amide bonds. The summed E-state index contributed by atoms with van der Waals surface area (Å²) in [6.07, 6.45) is 6.32. The molecule has 0 spiro atoms. The average Bonchev–Trinajstić information content (AvgIpc) is 2.62. The zero-order valence-corrected chi connectivity index (χ0v) is 8.55. The van der Waals surface area contributed by atoms with Crippen LogP contribution in [0.4, 0.5) is 0 Å². The smallest absolute Gasteiger partial charge is 0.120 e. The molecule has 1 aromatic heterocycles. The quantitative estimate of drug-likeness (QED) is 0.758. The van der Waals surface area contributed by atoms with Crippen LogP contribution in [0.1, 0.15) is 50.5 Å². The van der Waals surface area contributed by atoms with Crippen molar-refractivity contribution < 1.29 is 4.42 Å². The topological polar surface area (TPSA) is 39.2 Å². The van der Waals surface area contributed by atoms with Crippen LogP contribution >= 0.6 is 0 Å². The van der Waals surface area contributed by atoms with Crippen LogP contribution in [0.15, 0.2) is 16.7 Å². The third-order valence-electron chi connectivity index (χ3n) is 2.30. The molecule has 1 atom stereocenters. The van der Waals surface area contributed by atoms with E-state index in [0.29, 0.717) is 0 Å². The number of furan rings is 1. The van der Waals surface area contributed by atoms with Crippen LogP contribution in [0.3, 0.4) is 0 Å². The van der Waals surface area contributed by atoms with Crippen LogP contribution in [0.25, 0.3) is 0 Å². The van der Waals surface area contributed by atoms with Crippen molar-refractivity contribution in [3.05, 3.63) is 23.7 Å². The summed E-state index contributed by atoms with van der Waals surface area (Å²) < 4.78 is 5.39. The Labute approximate surface area is 80.1 Å². The van der Waals surface area contributed by atoms with E-state index in [9.17, 15) is 0 Å². The second-order valence-electron chi connectivity index (χ2n) is 3.48. The Morgan fingerprint density at radius 1 is 1.46 bits per heavy atom. The molecule has 1 heterocycles. The zero-order valence-electron chi connectivity index (χ0n) is 8.55. The molecule has 74 valence electrons. The van der Waals surface area contributed by atoms with Gasteiger partial charge in [-0.25, -0.2) is 0 Å². The Bertz CT molecular complexity index is 242. The maximum absolute atomic E-state index is 5.84. The van der Waals surface area contributed by atoms with E-state index in [2.05, 4.69) is 19.9 Å². The molecule has 0 saturated heterocycles. The minimum atomic E-state index is 0.0652. The molecule has 0 aliphatic rings. The summed E-state index contributed by atoms with van der Waals surface area (Å²) in [6, 6.07) is 2.15. The Morgan fingerprint density at radius 2 is 2.23 bits per heavy atom. The Morgan fingerprint density at radius 3 is 2.85 bits per heavy atom. The fraction of sp³-hybridized carbons (Fsp3) is 0.636. The first kappa shape index (κ1) is 10.3. The molecule has 0 saturated carbocycles. The number of nitrogens with two attached hydrogens (primary N) is 1. The van der Waals surface area contributed by atoms with Gasteiger partial charge in [-0.2, -0.15) is 0 Å². The van der Waals surface area contributed by atoms with E-state index in [1.165, 1.54) is 18.4 Å². The van der Waals surface area contributed by atoms with Crippen molar-refractivity contribution in [3.63, 3.8) is 0 Å². The Hall–Kier alpha value is -0.760. The first-order valence-electron chi connectivity index (χ1n) is 5.10. The van der Waals surface area contributed by atoms with Gasteiger partial charge in [-0.15, -0.1) is 0 Å². The maximum Gasteiger partial charge on any atom is 0.120 e. The van der Waals surface area contributed by atoms with Crippen molar-refractivity contribution in [1.82, 2.24) is 0 Å². The van der Waals surface area contributed by atoms with Crippen molar-refractivity contribution >= 4 is 0 Å². The summed E-state index contributed by atoms with van der Waals surface area (Å²) in [7, 11) is 0. The SMILES string of the molecule is CCCCc1coc([C@H](N)CC)c1. The average molecular weight is 181 g/mol. The molecule has 2 nitrogen and oxygen atoms in total. The van der Waals surface area contributed by atoms with E-state index < -0.39 is 0 Å². The lowest BCUT2D eigenvalue weighted by Crippen LogP contribution is -2.06. The number of rotatable bonds is 5. The van der Waals surface area contributed by atoms with Crippen LogP contribution in [-0.2, 0) is 6.42 Å². The second-order valence-corrected chi connectivity index (χ2v) is 3.48. The summed E-state index contributed by atoms with van der Waals surface area (Å²) in [5, 5.41) is 0. The molecule has 0 bridgehead atoms. The van der Waals surface area contributed by atoms with Gasteiger partial charge < -0.3 is 10.2 Å². The summed E-state index contributed by atoms with van der Waals surface area (Å²) >= 11 is 0. The monoisotopic (exact) mass is 181 g/mol. The van der Waals surface area contributed by atoms with E-state index in [1.807, 2.05) is 6.26 Å². The summed E-state index contributed by atoms with van der Waals surface area (Å²) in [4.78, 5) is 0. The summed E-state index contributed by atoms with van der Waals surface area (Å²) in [5.74, 6) is 0.925. The third kappa shape index (κ3) is 2.88. The van der Waals surface area contributed by atoms with Crippen LogP contribution in [-0.4, -0.2) is 0 Å². The van der Waals surface area contributed by atoms with Gasteiger partial charge in [0.05, 0.1) is 12.3 Å². The van der Waals surface area contributed by atoms with Gasteiger partial charge in [0, 0.05) is 0 Å². The lowest BCUT2D eigenvalue weighted by molar-refractivity contribution is 0.459. The van der Waals surface area contributed by atoms with Crippen molar-refractivity contribution in [2.75, 3.05) is 0 Å². The molecular formula is C11H19NO. The van der Waals surface area contributed by atoms with E-state index in [0.717, 1.165) is 18.6 Å². The molecule has 0 aliphatic carbocycles. The van der Waals surface area contributed by atoms with Gasteiger partial charge in [0.1, 0.15) is 5.76 Å². The Balaban J connectivity index is 2.53. The molecule has 0 aliphatic heterocycles. The molecule has 13 heavy (non-hydrogen) atoms. The lowest BCUT2D eigenvalue weighted by atomic mass is 10.1. The van der Waals surface area contributed by atoms with Gasteiger partial charge in [0.2, 0.25) is 0 Å². The van der Waals surface area contributed by atoms with Gasteiger partial charge in [-0.05, 0) is 30.9 Å². The predicted octanol–water partition coefficient (Wildman–Crippen LogP) is 3.03. The highest BCUT2D eigenvalue weighted by molar-refractivity contribution is 5.15. The highest BCUT2D eigenvalue weighted by Crippen LogP contribution is 2.18. The van der Waals surface area contributed by atoms with Gasteiger partial charge in [0.15, 0.2) is 0 Å². The predicted molar refractivity (Wildman–Crippen MR) is 54.5 cm³/mol. The summed E-state index contributed by atoms with van der Waals surface area (Å²) in [6.45, 7) is 4.26. The molecule has 0 unspecified atom stereocenters. The first-order chi connectivity index (χ1) is 6.27. The normalized spacial score (nSPS) is 13.2. The van der Waals surface area contributed by atoms with E-state index in [-0.39, 0.29) is 6.04 Å². The molecular weight excluding hydrogens is 162 g/mol. The van der Waals surface area contributed by atoms with E-state index in [4.69, 9.17) is 10.2 Å². The lowest BCUT2D eigenvalue weighted by Gasteiger charge is -2.02. The minimum Gasteiger partial charge on any atom is -0.467 e. The molecule has 2 heteroatoms. The maximum atomic E-state index is 5.84. The molecule has 1 aromatic rings. The van der Waals surface area contributed by atoms with Gasteiger partial charge in [-0.1, -0.05) is 20.3 Å². The highest BCUT2D eigenvalue weighted by Gasteiger charge is 2.07. The molecule has 2 N–H and O–H groups in total. The largest absolute Gasteiger partial charge is 0.467 e. The first-order valence-corrected chi connectivity index (χ1v) is 5.10. The second kappa shape index (κ2) is 5.07. The van der Waals surface area contributed by atoms with E-state index >= 15 is 0 Å². The molecule has 0 radical (unpaired) electrons. The highest BCUT2D eigenvalue weighted by atomic mass is 16.3. The van der Waals surface area contributed by atoms with Gasteiger partial charge >= 0.3 is 0 Å². The van der Waals surface area contributed by atoms with Crippen molar-refractivity contribution in [2.45, 2.75) is 45.6 Å².